The van der Waals surface area contributed by atoms with Crippen LogP contribution in [0.25, 0.3) is 6.08 Å². The molecule has 1 saturated carbocycles. The molecule has 1 aliphatic rings. The van der Waals surface area contributed by atoms with Crippen molar-refractivity contribution in [2.75, 3.05) is 0 Å². The summed E-state index contributed by atoms with van der Waals surface area (Å²) in [7, 11) is 0. The van der Waals surface area contributed by atoms with E-state index in [9.17, 15) is 0 Å². The molecule has 0 heterocycles. The van der Waals surface area contributed by atoms with Gasteiger partial charge in [0.2, 0.25) is 0 Å². The first-order valence-corrected chi connectivity index (χ1v) is 4.76. The van der Waals surface area contributed by atoms with Gasteiger partial charge in [-0.3, -0.25) is 0 Å². The van der Waals surface area contributed by atoms with Crippen molar-refractivity contribution in [2.24, 2.45) is 11.7 Å². The smallest absolute Gasteiger partial charge is 0.0111 e. The van der Waals surface area contributed by atoms with Crippen molar-refractivity contribution in [2.45, 2.75) is 19.4 Å². The maximum atomic E-state index is 5.78. The zero-order chi connectivity index (χ0) is 9.26. The van der Waals surface area contributed by atoms with Crippen LogP contribution in [0.4, 0.5) is 0 Å². The van der Waals surface area contributed by atoms with Crippen molar-refractivity contribution in [1.82, 2.24) is 0 Å². The number of hydrogen-bond donors (Lipinski definition) is 1. The fourth-order valence-corrected chi connectivity index (χ4v) is 1.66. The molecule has 14 heavy (non-hydrogen) atoms. The van der Waals surface area contributed by atoms with E-state index in [4.69, 9.17) is 5.73 Å². The molecule has 1 aliphatic carbocycles. The predicted octanol–water partition coefficient (Wildman–Crippen LogP) is 2.86. The standard InChI is InChI=1S/C12H15N.ClH/c1-9(11-8-12(11)13)7-10-5-3-2-4-6-10;/h2-7,11-12H,8,13H2,1H3;1H/b9-7+;. The molecule has 1 aromatic carbocycles. The quantitative estimate of drug-likeness (QED) is 0.797. The van der Waals surface area contributed by atoms with Crippen LogP contribution in [-0.2, 0) is 0 Å². The van der Waals surface area contributed by atoms with Gasteiger partial charge in [-0.15, -0.1) is 12.4 Å². The minimum absolute atomic E-state index is 0. The number of halogens is 1. The minimum atomic E-state index is 0. The molecule has 0 aliphatic heterocycles. The summed E-state index contributed by atoms with van der Waals surface area (Å²) in [4.78, 5) is 0. The van der Waals surface area contributed by atoms with Crippen molar-refractivity contribution < 1.29 is 0 Å². The average Bonchev–Trinajstić information content (AvgIpc) is 2.84. The summed E-state index contributed by atoms with van der Waals surface area (Å²) in [5.41, 5.74) is 8.47. The van der Waals surface area contributed by atoms with Crippen molar-refractivity contribution in [3.63, 3.8) is 0 Å². The lowest BCUT2D eigenvalue weighted by atomic mass is 10.1. The normalized spacial score (nSPS) is 25.4. The Balaban J connectivity index is 0.000000980. The third-order valence-electron chi connectivity index (χ3n) is 2.62. The summed E-state index contributed by atoms with van der Waals surface area (Å²) in [5.74, 6) is 0.639. The highest BCUT2D eigenvalue weighted by Gasteiger charge is 2.34. The Morgan fingerprint density at radius 3 is 2.43 bits per heavy atom. The van der Waals surface area contributed by atoms with Crippen LogP contribution in [0.15, 0.2) is 35.9 Å². The molecule has 2 heteroatoms. The van der Waals surface area contributed by atoms with Crippen molar-refractivity contribution >= 4 is 18.5 Å². The molecular formula is C12H16ClN. The van der Waals surface area contributed by atoms with E-state index in [0.29, 0.717) is 12.0 Å². The molecular weight excluding hydrogens is 194 g/mol. The molecule has 2 rings (SSSR count). The third-order valence-corrected chi connectivity index (χ3v) is 2.62. The van der Waals surface area contributed by atoms with Crippen molar-refractivity contribution in [1.29, 1.82) is 0 Å². The molecule has 0 amide bonds. The molecule has 0 saturated heterocycles. The van der Waals surface area contributed by atoms with Crippen LogP contribution < -0.4 is 5.73 Å². The van der Waals surface area contributed by atoms with Crippen LogP contribution in [0.5, 0.6) is 0 Å². The van der Waals surface area contributed by atoms with Gasteiger partial charge in [-0.1, -0.05) is 42.0 Å². The second-order valence-corrected chi connectivity index (χ2v) is 3.81. The topological polar surface area (TPSA) is 26.0 Å². The van der Waals surface area contributed by atoms with Crippen LogP contribution >= 0.6 is 12.4 Å². The number of nitrogens with two attached hydrogens (primary N) is 1. The van der Waals surface area contributed by atoms with Crippen LogP contribution in [0.1, 0.15) is 18.9 Å². The van der Waals surface area contributed by atoms with E-state index in [2.05, 4.69) is 37.3 Å². The lowest BCUT2D eigenvalue weighted by molar-refractivity contribution is 0.924. The van der Waals surface area contributed by atoms with Crippen LogP contribution in [0, 0.1) is 5.92 Å². The van der Waals surface area contributed by atoms with Crippen LogP contribution in [-0.4, -0.2) is 6.04 Å². The Bertz CT molecular complexity index is 318. The highest BCUT2D eigenvalue weighted by atomic mass is 35.5. The van der Waals surface area contributed by atoms with E-state index in [0.717, 1.165) is 6.42 Å². The SMILES string of the molecule is C/C(=C\c1ccccc1)C1CC1N.Cl. The molecule has 2 N–H and O–H groups in total. The molecule has 2 unspecified atom stereocenters. The second-order valence-electron chi connectivity index (χ2n) is 3.81. The van der Waals surface area contributed by atoms with Gasteiger partial charge in [-0.2, -0.15) is 0 Å². The maximum absolute atomic E-state index is 5.78. The summed E-state index contributed by atoms with van der Waals surface area (Å²) in [6.45, 7) is 2.17. The van der Waals surface area contributed by atoms with Gasteiger partial charge in [-0.25, -0.2) is 0 Å². The summed E-state index contributed by atoms with van der Waals surface area (Å²) in [5, 5.41) is 0. The summed E-state index contributed by atoms with van der Waals surface area (Å²) < 4.78 is 0. The Kier molecular flexibility index (Phi) is 3.73. The zero-order valence-corrected chi connectivity index (χ0v) is 9.13. The minimum Gasteiger partial charge on any atom is -0.327 e. The lowest BCUT2D eigenvalue weighted by Gasteiger charge is -1.98. The number of rotatable bonds is 2. The largest absolute Gasteiger partial charge is 0.327 e. The van der Waals surface area contributed by atoms with E-state index in [-0.39, 0.29) is 12.4 Å². The van der Waals surface area contributed by atoms with E-state index in [1.807, 2.05) is 6.07 Å². The fourth-order valence-electron chi connectivity index (χ4n) is 1.66. The van der Waals surface area contributed by atoms with Crippen LogP contribution in [0.2, 0.25) is 0 Å². The van der Waals surface area contributed by atoms with Crippen molar-refractivity contribution in [3.8, 4) is 0 Å². The van der Waals surface area contributed by atoms with Gasteiger partial charge >= 0.3 is 0 Å². The second kappa shape index (κ2) is 4.63. The summed E-state index contributed by atoms with van der Waals surface area (Å²) in [6.07, 6.45) is 3.40. The van der Waals surface area contributed by atoms with Gasteiger partial charge in [0.1, 0.15) is 0 Å². The Hall–Kier alpha value is -0.790. The first-order chi connectivity index (χ1) is 6.27. The van der Waals surface area contributed by atoms with Crippen molar-refractivity contribution in [3.05, 3.63) is 41.5 Å². The van der Waals surface area contributed by atoms with Gasteiger partial charge in [0.05, 0.1) is 0 Å². The molecule has 2 atom stereocenters. The number of benzene rings is 1. The maximum Gasteiger partial charge on any atom is 0.0111 e. The van der Waals surface area contributed by atoms with E-state index < -0.39 is 0 Å². The summed E-state index contributed by atoms with van der Waals surface area (Å²) in [6, 6.07) is 10.8. The molecule has 1 aromatic rings. The molecule has 1 nitrogen and oxygen atoms in total. The first kappa shape index (κ1) is 11.3. The third kappa shape index (κ3) is 2.60. The molecule has 0 aromatic heterocycles. The first-order valence-electron chi connectivity index (χ1n) is 4.76. The molecule has 0 bridgehead atoms. The van der Waals surface area contributed by atoms with E-state index in [1.165, 1.54) is 11.1 Å². The zero-order valence-electron chi connectivity index (χ0n) is 8.31. The summed E-state index contributed by atoms with van der Waals surface area (Å²) >= 11 is 0. The van der Waals surface area contributed by atoms with Crippen LogP contribution in [0.3, 0.4) is 0 Å². The van der Waals surface area contributed by atoms with Gasteiger partial charge in [0.15, 0.2) is 0 Å². The molecule has 0 spiro atoms. The fraction of sp³-hybridized carbons (Fsp3) is 0.333. The average molecular weight is 210 g/mol. The van der Waals surface area contributed by atoms with Gasteiger partial charge < -0.3 is 5.73 Å². The highest BCUT2D eigenvalue weighted by Crippen LogP contribution is 2.35. The molecule has 76 valence electrons. The van der Waals surface area contributed by atoms with E-state index in [1.54, 1.807) is 0 Å². The highest BCUT2D eigenvalue weighted by molar-refractivity contribution is 5.85. The predicted molar refractivity (Wildman–Crippen MR) is 63.4 cm³/mol. The molecule has 1 fully saturated rings. The Labute approximate surface area is 91.4 Å². The Morgan fingerprint density at radius 1 is 1.36 bits per heavy atom. The lowest BCUT2D eigenvalue weighted by Crippen LogP contribution is -2.02. The molecule has 0 radical (unpaired) electrons. The van der Waals surface area contributed by atoms with Gasteiger partial charge in [0.25, 0.3) is 0 Å². The van der Waals surface area contributed by atoms with Gasteiger partial charge in [-0.05, 0) is 24.8 Å². The Morgan fingerprint density at radius 2 is 1.93 bits per heavy atom. The van der Waals surface area contributed by atoms with E-state index >= 15 is 0 Å². The number of hydrogen-bond acceptors (Lipinski definition) is 1. The monoisotopic (exact) mass is 209 g/mol. The van der Waals surface area contributed by atoms with Gasteiger partial charge in [0, 0.05) is 6.04 Å².